The number of hydrogen-bond acceptors (Lipinski definition) is 9. The van der Waals surface area contributed by atoms with E-state index in [1.54, 1.807) is 55.4 Å². The van der Waals surface area contributed by atoms with Crippen molar-refractivity contribution >= 4 is 70.4 Å². The third-order valence-corrected chi connectivity index (χ3v) is 14.0. The Labute approximate surface area is 417 Å². The summed E-state index contributed by atoms with van der Waals surface area (Å²) in [5.74, 6) is -1.72. The third-order valence-electron chi connectivity index (χ3n) is 14.0. The van der Waals surface area contributed by atoms with Gasteiger partial charge in [-0.2, -0.15) is 5.10 Å². The van der Waals surface area contributed by atoms with Gasteiger partial charge < -0.3 is 20.9 Å². The highest BCUT2D eigenvalue weighted by molar-refractivity contribution is 6.15. The lowest BCUT2D eigenvalue weighted by Crippen LogP contribution is -2.55. The average molecular weight is 975 g/mol. The summed E-state index contributed by atoms with van der Waals surface area (Å²) in [4.78, 5) is 79.4. The van der Waals surface area contributed by atoms with Crippen LogP contribution < -0.4 is 31.1 Å². The van der Waals surface area contributed by atoms with Crippen molar-refractivity contribution < 1.29 is 33.2 Å². The predicted octanol–water partition coefficient (Wildman–Crippen LogP) is 7.57. The van der Waals surface area contributed by atoms with E-state index in [0.717, 1.165) is 73.2 Å². The van der Waals surface area contributed by atoms with Crippen molar-refractivity contribution in [2.24, 2.45) is 7.05 Å². The normalized spacial score (nSPS) is 16.6. The lowest BCUT2D eigenvalue weighted by molar-refractivity contribution is -0.136. The van der Waals surface area contributed by atoms with Gasteiger partial charge >= 0.3 is 6.03 Å². The Morgan fingerprint density at radius 2 is 1.62 bits per heavy atom. The molecule has 5 N–H and O–H groups in total. The number of carbonyl (C=O) groups is 6. The fraction of sp³-hybridized carbons (Fsp3) is 0.309. The fourth-order valence-electron chi connectivity index (χ4n) is 10.3. The van der Waals surface area contributed by atoms with E-state index in [2.05, 4.69) is 49.5 Å². The van der Waals surface area contributed by atoms with Crippen LogP contribution in [0.25, 0.3) is 33.2 Å². The van der Waals surface area contributed by atoms with Crippen molar-refractivity contribution in [3.05, 3.63) is 131 Å². The highest BCUT2D eigenvalue weighted by Gasteiger charge is 2.50. The maximum atomic E-state index is 17.1. The molecule has 7 amide bonds. The molecule has 16 nitrogen and oxygen atoms in total. The summed E-state index contributed by atoms with van der Waals surface area (Å²) in [5, 5.41) is 22.7. The summed E-state index contributed by atoms with van der Waals surface area (Å²) in [7, 11) is 4.72. The van der Waals surface area contributed by atoms with Crippen LogP contribution in [-0.2, 0) is 38.1 Å². The molecule has 6 aromatic rings. The maximum absolute atomic E-state index is 17.1. The number of benzene rings is 5. The Bertz CT molecular complexity index is 3110. The quantitative estimate of drug-likeness (QED) is 0.0358. The first-order valence-corrected chi connectivity index (χ1v) is 24.0. The van der Waals surface area contributed by atoms with Crippen LogP contribution in [0, 0.1) is 18.2 Å². The number of carbonyl (C=O) groups excluding carboxylic acids is 6. The number of nitrogens with one attached hydrogen (secondary N) is 5. The molecule has 372 valence electrons. The molecule has 3 aliphatic rings. The smallest absolute Gasteiger partial charge is 0.326 e. The van der Waals surface area contributed by atoms with Crippen molar-refractivity contribution in [1.82, 2.24) is 30.6 Å². The van der Waals surface area contributed by atoms with E-state index in [1.807, 2.05) is 63.2 Å². The Morgan fingerprint density at radius 1 is 0.917 bits per heavy atom. The number of halogens is 1. The van der Waals surface area contributed by atoms with Crippen molar-refractivity contribution in [3.63, 3.8) is 0 Å². The zero-order valence-electron chi connectivity index (χ0n) is 41.3. The lowest BCUT2D eigenvalue weighted by Gasteiger charge is -2.32. The van der Waals surface area contributed by atoms with Gasteiger partial charge in [-0.05, 0) is 147 Å². The Hall–Kier alpha value is -8.05. The second-order valence-corrected chi connectivity index (χ2v) is 18.9. The summed E-state index contributed by atoms with van der Waals surface area (Å²) >= 11 is 0. The van der Waals surface area contributed by atoms with Gasteiger partial charge in [0, 0.05) is 51.0 Å². The summed E-state index contributed by atoms with van der Waals surface area (Å²) in [6.07, 6.45) is 4.68. The molecule has 1 aromatic heterocycles. The molecular weight excluding hydrogens is 916 g/mol. The first kappa shape index (κ1) is 50.3. The number of likely N-dealkylation sites (tertiary alicyclic amines) is 1. The number of nitrogens with zero attached hydrogens (tertiary/aromatic N) is 5. The number of urea groups is 1. The molecule has 0 spiro atoms. The van der Waals surface area contributed by atoms with Crippen LogP contribution in [0.1, 0.15) is 78.2 Å². The topological polar surface area (TPSA) is 202 Å². The number of rotatable bonds is 12. The molecule has 0 saturated carbocycles. The van der Waals surface area contributed by atoms with Crippen molar-refractivity contribution in [2.75, 3.05) is 48.8 Å². The van der Waals surface area contributed by atoms with Crippen LogP contribution in [0.2, 0.25) is 0 Å². The molecule has 1 atom stereocenters. The number of anilines is 3. The second kappa shape index (κ2) is 21.1. The number of imide groups is 1. The molecule has 0 radical (unpaired) electrons. The molecule has 2 fully saturated rings. The van der Waals surface area contributed by atoms with Crippen LogP contribution >= 0.6 is 0 Å². The molecule has 1 unspecified atom stereocenters. The van der Waals surface area contributed by atoms with E-state index in [9.17, 15) is 24.0 Å². The Kier molecular flexibility index (Phi) is 14.8. The van der Waals surface area contributed by atoms with Crippen LogP contribution in [0.4, 0.5) is 26.2 Å². The molecule has 4 heterocycles. The minimum absolute atomic E-state index is 0.0473. The first-order chi connectivity index (χ1) is 34.6. The average Bonchev–Trinajstić information content (AvgIpc) is 3.83. The number of amides is 7. The van der Waals surface area contributed by atoms with E-state index < -0.39 is 35.1 Å². The summed E-state index contributed by atoms with van der Waals surface area (Å²) in [6, 6.07) is 28.9. The predicted molar refractivity (Wildman–Crippen MR) is 277 cm³/mol. The van der Waals surface area contributed by atoms with Gasteiger partial charge in [0.05, 0.1) is 28.3 Å². The number of aromatic nitrogens is 2. The standard InChI is InChI=1S/C53H54FN9O5.C2H5NO/c1-31-8-6-10-36(28-31)57-50(66)48-45-41(60(5)59-48)19-18-39(47(45)54)38-17-16-37(62(30-55)52(68)56-4)29-40(38)34-14-12-32(13-15-34)33-22-25-61(26-23-33)27-24-35-9-7-11-42-46(35)53(2,3)51(67)63(42)43-20-21-44(64)58-49(43)65;1-3-2-4/h6-19,28-30,33,43,55H,20-27H2,1-5H3,(H,56,68)(H,57,66)(H,58,64,65);2H,1H3,(H,3,4). The molecule has 0 bridgehead atoms. The first-order valence-electron chi connectivity index (χ1n) is 24.0. The number of fused-ring (bicyclic) bond motifs is 2. The van der Waals surface area contributed by atoms with Crippen LogP contribution in [-0.4, -0.2) is 96.9 Å². The molecule has 9 rings (SSSR count). The monoisotopic (exact) mass is 974 g/mol. The lowest BCUT2D eigenvalue weighted by atomic mass is 9.82. The zero-order valence-corrected chi connectivity index (χ0v) is 41.3. The molecule has 0 aliphatic carbocycles. The Morgan fingerprint density at radius 3 is 2.29 bits per heavy atom. The highest BCUT2D eigenvalue weighted by atomic mass is 19.1. The Balaban J connectivity index is 0.00000167. The van der Waals surface area contributed by atoms with Crippen LogP contribution in [0.3, 0.4) is 0 Å². The summed E-state index contributed by atoms with van der Waals surface area (Å²) in [5.41, 5.74) is 7.68. The second-order valence-electron chi connectivity index (χ2n) is 18.9. The van der Waals surface area contributed by atoms with Crippen LogP contribution in [0.15, 0.2) is 97.1 Å². The molecule has 72 heavy (non-hydrogen) atoms. The van der Waals surface area contributed by atoms with Crippen molar-refractivity contribution in [1.29, 1.82) is 5.41 Å². The minimum atomic E-state index is -0.816. The van der Waals surface area contributed by atoms with E-state index in [0.29, 0.717) is 46.8 Å². The van der Waals surface area contributed by atoms with Gasteiger partial charge in [-0.3, -0.25) is 49.2 Å². The van der Waals surface area contributed by atoms with Gasteiger partial charge in [0.25, 0.3) is 5.91 Å². The van der Waals surface area contributed by atoms with E-state index in [1.165, 1.54) is 22.2 Å². The fourth-order valence-corrected chi connectivity index (χ4v) is 10.3. The summed E-state index contributed by atoms with van der Waals surface area (Å²) < 4.78 is 18.6. The van der Waals surface area contributed by atoms with E-state index in [-0.39, 0.29) is 34.9 Å². The maximum Gasteiger partial charge on any atom is 0.326 e. The molecule has 17 heteroatoms. The largest absolute Gasteiger partial charge is 0.362 e. The van der Waals surface area contributed by atoms with Crippen molar-refractivity contribution in [2.45, 2.75) is 70.3 Å². The van der Waals surface area contributed by atoms with Gasteiger partial charge in [-0.15, -0.1) is 0 Å². The van der Waals surface area contributed by atoms with Crippen LogP contribution in [0.5, 0.6) is 0 Å². The van der Waals surface area contributed by atoms with Crippen molar-refractivity contribution in [3.8, 4) is 22.3 Å². The van der Waals surface area contributed by atoms with Gasteiger partial charge in [0.2, 0.25) is 24.1 Å². The number of hydrogen-bond donors (Lipinski definition) is 5. The van der Waals surface area contributed by atoms with Gasteiger partial charge in [-0.1, -0.05) is 54.6 Å². The van der Waals surface area contributed by atoms with Gasteiger partial charge in [-0.25, -0.2) is 9.18 Å². The zero-order chi connectivity index (χ0) is 51.4. The molecule has 3 aliphatic heterocycles. The number of piperidine rings is 2. The number of aryl methyl sites for hydroxylation is 2. The van der Waals surface area contributed by atoms with Gasteiger partial charge in [0.1, 0.15) is 11.9 Å². The van der Waals surface area contributed by atoms with E-state index in [4.69, 9.17) is 10.2 Å². The third kappa shape index (κ3) is 9.84. The highest BCUT2D eigenvalue weighted by Crippen LogP contribution is 2.46. The SMILES string of the molecule is CNC(=O)N(C=N)c1ccc(-c2ccc3c(c(C(=O)Nc4cccc(C)c4)nn3C)c2F)c(-c2ccc(C3CCN(CCc4cccc5c4C(C)(C)C(=O)N5C4CCC(=O)NC4=O)CC3)cc2)c1.CNC=O. The van der Waals surface area contributed by atoms with Gasteiger partial charge in [0.15, 0.2) is 5.69 Å². The van der Waals surface area contributed by atoms with E-state index >= 15 is 4.39 Å². The summed E-state index contributed by atoms with van der Waals surface area (Å²) in [6.45, 7) is 8.34. The molecular formula is C55H59FN10O6. The minimum Gasteiger partial charge on any atom is -0.362 e. The molecule has 5 aromatic carbocycles. The molecule has 2 saturated heterocycles.